The highest BCUT2D eigenvalue weighted by molar-refractivity contribution is 5.32. The third-order valence-corrected chi connectivity index (χ3v) is 4.14. The van der Waals surface area contributed by atoms with Crippen molar-refractivity contribution >= 4 is 5.95 Å². The topological polar surface area (TPSA) is 55.0 Å². The first kappa shape index (κ1) is 11.0. The van der Waals surface area contributed by atoms with Crippen LogP contribution in [0.1, 0.15) is 24.8 Å². The van der Waals surface area contributed by atoms with E-state index in [0.717, 1.165) is 36.4 Å². The highest BCUT2D eigenvalue weighted by atomic mass is 15.3. The molecule has 0 amide bonds. The largest absolute Gasteiger partial charge is 0.340 e. The fraction of sp³-hybridized carbons (Fsp3) is 0.692. The number of hydrogen-bond donors (Lipinski definition) is 1. The van der Waals surface area contributed by atoms with Gasteiger partial charge in [0.1, 0.15) is 0 Å². The van der Waals surface area contributed by atoms with Crippen molar-refractivity contribution in [2.45, 2.75) is 32.2 Å². The molecule has 1 aliphatic carbocycles. The number of anilines is 1. The lowest BCUT2D eigenvalue weighted by atomic mass is 9.79. The molecule has 1 saturated carbocycles. The van der Waals surface area contributed by atoms with E-state index in [9.17, 15) is 0 Å². The number of nitrogens with two attached hydrogens (primary N) is 1. The molecule has 0 aromatic carbocycles. The van der Waals surface area contributed by atoms with E-state index in [2.05, 4.69) is 14.9 Å². The lowest BCUT2D eigenvalue weighted by Gasteiger charge is -2.27. The Labute approximate surface area is 102 Å². The first-order valence-electron chi connectivity index (χ1n) is 6.51. The van der Waals surface area contributed by atoms with Gasteiger partial charge in [-0.1, -0.05) is 0 Å². The zero-order valence-electron chi connectivity index (χ0n) is 10.3. The maximum atomic E-state index is 6.04. The van der Waals surface area contributed by atoms with Crippen LogP contribution in [0.3, 0.4) is 0 Å². The lowest BCUT2D eigenvalue weighted by molar-refractivity contribution is 0.271. The molecule has 4 heteroatoms. The standard InChI is InChI=1S/C13H20N4/c1-9-5-15-13(16-6-9)17-7-10-2-3-12(14)4-11(10)8-17/h5-6,10-12H,2-4,7-8,14H2,1H3/t10-,11+,12?/m1/s1. The van der Waals surface area contributed by atoms with Gasteiger partial charge in [0.2, 0.25) is 5.95 Å². The summed E-state index contributed by atoms with van der Waals surface area (Å²) in [7, 11) is 0. The smallest absolute Gasteiger partial charge is 0.225 e. The molecule has 0 bridgehead atoms. The van der Waals surface area contributed by atoms with Gasteiger partial charge in [-0.25, -0.2) is 9.97 Å². The molecule has 1 saturated heterocycles. The number of hydrogen-bond acceptors (Lipinski definition) is 4. The van der Waals surface area contributed by atoms with E-state index in [-0.39, 0.29) is 0 Å². The minimum Gasteiger partial charge on any atom is -0.340 e. The third-order valence-electron chi connectivity index (χ3n) is 4.14. The van der Waals surface area contributed by atoms with Gasteiger partial charge in [0.25, 0.3) is 0 Å². The Morgan fingerprint density at radius 3 is 2.65 bits per heavy atom. The number of fused-ring (bicyclic) bond motifs is 1. The molecule has 2 aliphatic rings. The maximum absolute atomic E-state index is 6.04. The number of aromatic nitrogens is 2. The molecule has 1 aromatic rings. The second kappa shape index (κ2) is 4.26. The number of rotatable bonds is 1. The number of nitrogens with zero attached hydrogens (tertiary/aromatic N) is 3. The van der Waals surface area contributed by atoms with Gasteiger partial charge in [0.05, 0.1) is 0 Å². The van der Waals surface area contributed by atoms with Crippen LogP contribution in [-0.4, -0.2) is 29.1 Å². The molecule has 1 aromatic heterocycles. The molecule has 1 aliphatic heterocycles. The van der Waals surface area contributed by atoms with Gasteiger partial charge in [0.15, 0.2) is 0 Å². The summed E-state index contributed by atoms with van der Waals surface area (Å²) in [6, 6.07) is 0.412. The van der Waals surface area contributed by atoms with Gasteiger partial charge >= 0.3 is 0 Å². The summed E-state index contributed by atoms with van der Waals surface area (Å²) in [6.45, 7) is 4.22. The van der Waals surface area contributed by atoms with Gasteiger partial charge < -0.3 is 10.6 Å². The van der Waals surface area contributed by atoms with Crippen molar-refractivity contribution in [3.63, 3.8) is 0 Å². The molecular weight excluding hydrogens is 212 g/mol. The van der Waals surface area contributed by atoms with E-state index < -0.39 is 0 Å². The maximum Gasteiger partial charge on any atom is 0.225 e. The van der Waals surface area contributed by atoms with Crippen molar-refractivity contribution < 1.29 is 0 Å². The van der Waals surface area contributed by atoms with E-state index in [1.807, 2.05) is 19.3 Å². The summed E-state index contributed by atoms with van der Waals surface area (Å²) in [5.41, 5.74) is 7.16. The van der Waals surface area contributed by atoms with Gasteiger partial charge in [-0.15, -0.1) is 0 Å². The van der Waals surface area contributed by atoms with E-state index in [4.69, 9.17) is 5.73 Å². The van der Waals surface area contributed by atoms with Crippen LogP contribution in [0.4, 0.5) is 5.95 Å². The van der Waals surface area contributed by atoms with Crippen molar-refractivity contribution in [3.05, 3.63) is 18.0 Å². The molecule has 2 N–H and O–H groups in total. The van der Waals surface area contributed by atoms with Crippen LogP contribution in [-0.2, 0) is 0 Å². The van der Waals surface area contributed by atoms with Crippen molar-refractivity contribution in [2.24, 2.45) is 17.6 Å². The average molecular weight is 232 g/mol. The van der Waals surface area contributed by atoms with Crippen LogP contribution in [0.5, 0.6) is 0 Å². The van der Waals surface area contributed by atoms with Gasteiger partial charge in [0, 0.05) is 31.5 Å². The molecule has 0 spiro atoms. The minimum absolute atomic E-state index is 0.412. The molecule has 3 atom stereocenters. The summed E-state index contributed by atoms with van der Waals surface area (Å²) in [4.78, 5) is 11.2. The van der Waals surface area contributed by atoms with Crippen LogP contribution in [0.15, 0.2) is 12.4 Å². The first-order chi connectivity index (χ1) is 8.22. The Hall–Kier alpha value is -1.16. The SMILES string of the molecule is Cc1cnc(N2C[C@H]3CCC(N)C[C@H]3C2)nc1. The Kier molecular flexibility index (Phi) is 2.74. The zero-order valence-corrected chi connectivity index (χ0v) is 10.3. The minimum atomic E-state index is 0.412. The van der Waals surface area contributed by atoms with Gasteiger partial charge in [-0.2, -0.15) is 0 Å². The van der Waals surface area contributed by atoms with Crippen LogP contribution >= 0.6 is 0 Å². The highest BCUT2D eigenvalue weighted by Gasteiger charge is 2.37. The van der Waals surface area contributed by atoms with Gasteiger partial charge in [-0.3, -0.25) is 0 Å². The fourth-order valence-electron chi connectivity index (χ4n) is 3.18. The second-order valence-electron chi connectivity index (χ2n) is 5.56. The molecule has 92 valence electrons. The molecule has 1 unspecified atom stereocenters. The van der Waals surface area contributed by atoms with Crippen molar-refractivity contribution in [1.29, 1.82) is 0 Å². The predicted octanol–water partition coefficient (Wildman–Crippen LogP) is 1.35. The van der Waals surface area contributed by atoms with E-state index >= 15 is 0 Å². The van der Waals surface area contributed by atoms with Gasteiger partial charge in [-0.05, 0) is 43.6 Å². The summed E-state index contributed by atoms with van der Waals surface area (Å²) >= 11 is 0. The highest BCUT2D eigenvalue weighted by Crippen LogP contribution is 2.36. The van der Waals surface area contributed by atoms with Crippen LogP contribution in [0.25, 0.3) is 0 Å². The van der Waals surface area contributed by atoms with Crippen LogP contribution in [0.2, 0.25) is 0 Å². The fourth-order valence-corrected chi connectivity index (χ4v) is 3.18. The second-order valence-corrected chi connectivity index (χ2v) is 5.56. The number of aryl methyl sites for hydroxylation is 1. The van der Waals surface area contributed by atoms with Crippen LogP contribution in [0, 0.1) is 18.8 Å². The summed E-state index contributed by atoms with van der Waals surface area (Å²) in [5, 5.41) is 0. The Balaban J connectivity index is 1.73. The van der Waals surface area contributed by atoms with Crippen LogP contribution < -0.4 is 10.6 Å². The molecule has 3 rings (SSSR count). The van der Waals surface area contributed by atoms with E-state index in [1.165, 1.54) is 19.3 Å². The summed E-state index contributed by atoms with van der Waals surface area (Å²) in [5.74, 6) is 2.45. The molecule has 4 nitrogen and oxygen atoms in total. The molecule has 2 fully saturated rings. The zero-order chi connectivity index (χ0) is 11.8. The molecule has 17 heavy (non-hydrogen) atoms. The Morgan fingerprint density at radius 1 is 1.18 bits per heavy atom. The van der Waals surface area contributed by atoms with Crippen molar-refractivity contribution in [1.82, 2.24) is 9.97 Å². The summed E-state index contributed by atoms with van der Waals surface area (Å²) in [6.07, 6.45) is 7.43. The third kappa shape index (κ3) is 2.14. The predicted molar refractivity (Wildman–Crippen MR) is 67.8 cm³/mol. The molecular formula is C13H20N4. The van der Waals surface area contributed by atoms with Crippen molar-refractivity contribution in [3.8, 4) is 0 Å². The lowest BCUT2D eigenvalue weighted by Crippen LogP contribution is -2.32. The Morgan fingerprint density at radius 2 is 1.88 bits per heavy atom. The summed E-state index contributed by atoms with van der Waals surface area (Å²) < 4.78 is 0. The normalized spacial score (nSPS) is 32.6. The monoisotopic (exact) mass is 232 g/mol. The van der Waals surface area contributed by atoms with E-state index in [1.54, 1.807) is 0 Å². The molecule has 2 heterocycles. The average Bonchev–Trinajstić information content (AvgIpc) is 2.72. The molecule has 0 radical (unpaired) electrons. The van der Waals surface area contributed by atoms with E-state index in [0.29, 0.717) is 6.04 Å². The first-order valence-corrected chi connectivity index (χ1v) is 6.51. The van der Waals surface area contributed by atoms with Crippen molar-refractivity contribution in [2.75, 3.05) is 18.0 Å². The Bertz CT molecular complexity index is 389. The quantitative estimate of drug-likeness (QED) is 0.794.